The molecule has 11 heteroatoms. The second kappa shape index (κ2) is 8.83. The number of hydrogen-bond acceptors (Lipinski definition) is 8. The number of benzene rings is 1. The van der Waals surface area contributed by atoms with Gasteiger partial charge in [0.25, 0.3) is 0 Å². The number of carbonyl (C=O) groups is 2. The van der Waals surface area contributed by atoms with Crippen LogP contribution in [0.1, 0.15) is 10.6 Å². The van der Waals surface area contributed by atoms with Crippen molar-refractivity contribution in [3.8, 4) is 0 Å². The Hall–Kier alpha value is -2.37. The minimum absolute atomic E-state index is 0.168. The molecule has 0 spiro atoms. The maximum atomic E-state index is 12.0. The van der Waals surface area contributed by atoms with Crippen molar-refractivity contribution in [3.63, 3.8) is 0 Å². The van der Waals surface area contributed by atoms with Gasteiger partial charge in [0.2, 0.25) is 16.9 Å². The van der Waals surface area contributed by atoms with Crippen molar-refractivity contribution < 1.29 is 22.7 Å². The number of nitrogens with zero attached hydrogens (tertiary/aromatic N) is 2. The van der Waals surface area contributed by atoms with Crippen LogP contribution in [0.15, 0.2) is 24.3 Å². The van der Waals surface area contributed by atoms with Crippen molar-refractivity contribution in [1.29, 1.82) is 0 Å². The van der Waals surface area contributed by atoms with Crippen LogP contribution in [0.2, 0.25) is 0 Å². The number of nitrogens with one attached hydrogen (secondary N) is 2. The molecule has 0 radical (unpaired) electrons. The first kappa shape index (κ1) is 19.9. The molecule has 2 aromatic rings. The molecule has 1 heterocycles. The molecule has 2 N–H and O–H groups in total. The third-order valence-electron chi connectivity index (χ3n) is 2.98. The van der Waals surface area contributed by atoms with Crippen LogP contribution in [0.25, 0.3) is 0 Å². The van der Waals surface area contributed by atoms with Crippen molar-refractivity contribution in [2.24, 2.45) is 0 Å². The summed E-state index contributed by atoms with van der Waals surface area (Å²) in [6.07, 6.45) is 0. The third kappa shape index (κ3) is 6.50. The van der Waals surface area contributed by atoms with Gasteiger partial charge in [-0.1, -0.05) is 23.5 Å². The summed E-state index contributed by atoms with van der Waals surface area (Å²) in [5.41, 5.74) is 1.42. The summed E-state index contributed by atoms with van der Waals surface area (Å²) in [6.45, 7) is 2.09. The Morgan fingerprint density at radius 1 is 1.15 bits per heavy atom. The maximum Gasteiger partial charge on any atom is 0.241 e. The molecule has 0 aliphatic carbocycles. The van der Waals surface area contributed by atoms with Gasteiger partial charge in [0.05, 0.1) is 0 Å². The molecule has 0 aliphatic rings. The molecule has 0 aliphatic heterocycles. The zero-order valence-corrected chi connectivity index (χ0v) is 15.8. The number of rotatable bonds is 8. The van der Waals surface area contributed by atoms with Gasteiger partial charge in [-0.05, 0) is 24.6 Å². The lowest BCUT2D eigenvalue weighted by atomic mass is 10.2. The summed E-state index contributed by atoms with van der Waals surface area (Å²) in [5, 5.41) is 13.0. The minimum Gasteiger partial charge on any atom is -0.377 e. The van der Waals surface area contributed by atoms with E-state index in [0.29, 0.717) is 10.7 Å². The first-order chi connectivity index (χ1) is 12.3. The molecular formula is C15H18N4O5S2. The number of aryl methyl sites for hydroxylation is 1. The van der Waals surface area contributed by atoms with E-state index in [4.69, 9.17) is 4.74 Å². The number of aromatic nitrogens is 2. The highest BCUT2D eigenvalue weighted by molar-refractivity contribution is 7.92. The van der Waals surface area contributed by atoms with E-state index in [-0.39, 0.29) is 11.7 Å². The van der Waals surface area contributed by atoms with E-state index in [2.05, 4.69) is 20.8 Å². The Morgan fingerprint density at radius 2 is 1.85 bits per heavy atom. The Kier molecular flexibility index (Phi) is 6.77. The van der Waals surface area contributed by atoms with E-state index in [1.165, 1.54) is 7.11 Å². The van der Waals surface area contributed by atoms with Crippen LogP contribution in [0.5, 0.6) is 0 Å². The maximum absolute atomic E-state index is 12.0. The average molecular weight is 398 g/mol. The monoisotopic (exact) mass is 398 g/mol. The lowest BCUT2D eigenvalue weighted by Gasteiger charge is -2.07. The zero-order valence-electron chi connectivity index (χ0n) is 14.2. The van der Waals surface area contributed by atoms with Gasteiger partial charge >= 0.3 is 0 Å². The molecule has 0 atom stereocenters. The summed E-state index contributed by atoms with van der Waals surface area (Å²) >= 11 is 1.08. The second-order valence-electron chi connectivity index (χ2n) is 5.43. The summed E-state index contributed by atoms with van der Waals surface area (Å²) < 4.78 is 28.9. The molecule has 26 heavy (non-hydrogen) atoms. The van der Waals surface area contributed by atoms with Crippen molar-refractivity contribution in [1.82, 2.24) is 10.2 Å². The predicted octanol–water partition coefficient (Wildman–Crippen LogP) is 0.985. The number of carbonyl (C=O) groups excluding carboxylic acids is 2. The normalized spacial score (nSPS) is 11.2. The van der Waals surface area contributed by atoms with Crippen LogP contribution in [0.4, 0.5) is 10.8 Å². The molecule has 0 saturated heterocycles. The topological polar surface area (TPSA) is 127 Å². The van der Waals surface area contributed by atoms with Crippen LogP contribution in [0.3, 0.4) is 0 Å². The van der Waals surface area contributed by atoms with Gasteiger partial charge < -0.3 is 10.1 Å². The lowest BCUT2D eigenvalue weighted by molar-refractivity contribution is -0.114. The number of anilines is 2. The first-order valence-corrected chi connectivity index (χ1v) is 10.1. The molecule has 0 unspecified atom stereocenters. The predicted molar refractivity (Wildman–Crippen MR) is 97.7 cm³/mol. The van der Waals surface area contributed by atoms with Crippen LogP contribution in [-0.2, 0) is 30.8 Å². The second-order valence-corrected chi connectivity index (χ2v) is 8.56. The number of sulfone groups is 1. The summed E-state index contributed by atoms with van der Waals surface area (Å²) in [6, 6.07) is 6.95. The van der Waals surface area contributed by atoms with Gasteiger partial charge in [0.15, 0.2) is 9.84 Å². The SMILES string of the molecule is COCc1nnc(NC(=O)CS(=O)(=O)CC(=O)Nc2cccc(C)c2)s1. The lowest BCUT2D eigenvalue weighted by Crippen LogP contribution is -2.30. The average Bonchev–Trinajstić information content (AvgIpc) is 2.93. The van der Waals surface area contributed by atoms with Gasteiger partial charge in [0, 0.05) is 12.8 Å². The van der Waals surface area contributed by atoms with Crippen LogP contribution in [0, 0.1) is 6.92 Å². The van der Waals surface area contributed by atoms with Gasteiger partial charge in [-0.3, -0.25) is 14.9 Å². The molecule has 0 saturated carbocycles. The quantitative estimate of drug-likeness (QED) is 0.678. The van der Waals surface area contributed by atoms with E-state index in [0.717, 1.165) is 16.9 Å². The highest BCUT2D eigenvalue weighted by Gasteiger charge is 2.22. The molecule has 140 valence electrons. The fourth-order valence-electron chi connectivity index (χ4n) is 2.01. The number of methoxy groups -OCH3 is 1. The summed E-state index contributed by atoms with van der Waals surface area (Å²) in [5.74, 6) is -3.11. The molecule has 9 nitrogen and oxygen atoms in total. The van der Waals surface area contributed by atoms with Crippen molar-refractivity contribution in [2.75, 3.05) is 29.2 Å². The highest BCUT2D eigenvalue weighted by Crippen LogP contribution is 2.15. The smallest absolute Gasteiger partial charge is 0.241 e. The molecular weight excluding hydrogens is 380 g/mol. The van der Waals surface area contributed by atoms with Crippen molar-refractivity contribution >= 4 is 43.8 Å². The van der Waals surface area contributed by atoms with E-state index >= 15 is 0 Å². The minimum atomic E-state index is -3.93. The van der Waals surface area contributed by atoms with E-state index in [1.54, 1.807) is 18.2 Å². The van der Waals surface area contributed by atoms with E-state index in [1.807, 2.05) is 13.0 Å². The number of hydrogen-bond donors (Lipinski definition) is 2. The first-order valence-electron chi connectivity index (χ1n) is 7.45. The Labute approximate surface area is 154 Å². The summed E-state index contributed by atoms with van der Waals surface area (Å²) in [7, 11) is -2.43. The van der Waals surface area contributed by atoms with Gasteiger partial charge in [0.1, 0.15) is 23.1 Å². The van der Waals surface area contributed by atoms with Gasteiger partial charge in [-0.25, -0.2) is 8.42 Å². The van der Waals surface area contributed by atoms with Crippen molar-refractivity contribution in [2.45, 2.75) is 13.5 Å². The van der Waals surface area contributed by atoms with E-state index < -0.39 is 33.2 Å². The molecule has 1 aromatic carbocycles. The van der Waals surface area contributed by atoms with Crippen molar-refractivity contribution in [3.05, 3.63) is 34.8 Å². The molecule has 2 amide bonds. The Balaban J connectivity index is 1.88. The van der Waals surface area contributed by atoms with Crippen LogP contribution >= 0.6 is 11.3 Å². The summed E-state index contributed by atoms with van der Waals surface area (Å²) in [4.78, 5) is 23.8. The molecule has 0 bridgehead atoms. The molecule has 1 aromatic heterocycles. The van der Waals surface area contributed by atoms with Crippen LogP contribution in [-0.4, -0.2) is 49.0 Å². The fourth-order valence-corrected chi connectivity index (χ4v) is 3.79. The third-order valence-corrected chi connectivity index (χ3v) is 5.20. The number of amides is 2. The Bertz CT molecular complexity index is 895. The highest BCUT2D eigenvalue weighted by atomic mass is 32.2. The van der Waals surface area contributed by atoms with Crippen LogP contribution < -0.4 is 10.6 Å². The standard InChI is InChI=1S/C15H18N4O5S2/c1-10-4-3-5-11(6-10)16-12(20)8-26(22,23)9-13(21)17-15-19-18-14(25-15)7-24-2/h3-6H,7-9H2,1-2H3,(H,16,20)(H,17,19,21). The zero-order chi connectivity index (χ0) is 19.2. The Morgan fingerprint density at radius 3 is 2.50 bits per heavy atom. The fraction of sp³-hybridized carbons (Fsp3) is 0.333. The largest absolute Gasteiger partial charge is 0.377 e. The molecule has 2 rings (SSSR count). The van der Waals surface area contributed by atoms with Gasteiger partial charge in [-0.15, -0.1) is 10.2 Å². The molecule has 0 fully saturated rings. The number of ether oxygens (including phenoxy) is 1. The van der Waals surface area contributed by atoms with E-state index in [9.17, 15) is 18.0 Å². The van der Waals surface area contributed by atoms with Gasteiger partial charge in [-0.2, -0.15) is 0 Å².